The predicted molar refractivity (Wildman–Crippen MR) is 62.9 cm³/mol. The molecule has 1 aromatic carbocycles. The number of aromatic nitrogens is 2. The molecule has 0 saturated heterocycles. The van der Waals surface area contributed by atoms with Crippen molar-refractivity contribution in [3.8, 4) is 5.69 Å². The first-order valence-corrected chi connectivity index (χ1v) is 5.04. The van der Waals surface area contributed by atoms with Crippen molar-refractivity contribution in [2.45, 2.75) is 0 Å². The highest BCUT2D eigenvalue weighted by molar-refractivity contribution is 6.32. The minimum absolute atomic E-state index is 0.631. The van der Waals surface area contributed by atoms with Crippen molar-refractivity contribution in [1.82, 2.24) is 9.78 Å². The zero-order valence-electron chi connectivity index (χ0n) is 8.68. The lowest BCUT2D eigenvalue weighted by molar-refractivity contribution is 0.881. The van der Waals surface area contributed by atoms with Gasteiger partial charge < -0.3 is 4.90 Å². The summed E-state index contributed by atoms with van der Waals surface area (Å²) in [6.45, 7) is 0. The van der Waals surface area contributed by atoms with E-state index in [0.29, 0.717) is 5.15 Å². The third-order valence-electron chi connectivity index (χ3n) is 2.18. The van der Waals surface area contributed by atoms with E-state index in [-0.39, 0.29) is 0 Å². The molecule has 0 atom stereocenters. The lowest BCUT2D eigenvalue weighted by atomic mass is 10.3. The smallest absolute Gasteiger partial charge is 0.156 e. The third-order valence-corrected chi connectivity index (χ3v) is 2.53. The van der Waals surface area contributed by atoms with Crippen LogP contribution in [0.3, 0.4) is 0 Å². The Balaban J connectivity index is 2.47. The summed E-state index contributed by atoms with van der Waals surface area (Å²) < 4.78 is 1.72. The van der Waals surface area contributed by atoms with E-state index in [1.807, 2.05) is 49.3 Å². The molecule has 0 unspecified atom stereocenters. The van der Waals surface area contributed by atoms with Crippen molar-refractivity contribution in [3.05, 3.63) is 41.7 Å². The van der Waals surface area contributed by atoms with Gasteiger partial charge in [-0.25, -0.2) is 4.68 Å². The minimum atomic E-state index is 0.631. The lowest BCUT2D eigenvalue weighted by Gasteiger charge is -2.10. The summed E-state index contributed by atoms with van der Waals surface area (Å²) in [6, 6.07) is 9.83. The zero-order chi connectivity index (χ0) is 10.8. The molecule has 15 heavy (non-hydrogen) atoms. The molecule has 2 aromatic rings. The molecule has 78 valence electrons. The topological polar surface area (TPSA) is 21.1 Å². The molecular formula is C11H12ClN3. The fourth-order valence-corrected chi connectivity index (χ4v) is 1.73. The Morgan fingerprint density at radius 3 is 2.40 bits per heavy atom. The van der Waals surface area contributed by atoms with Gasteiger partial charge in [0, 0.05) is 14.1 Å². The van der Waals surface area contributed by atoms with Gasteiger partial charge in [-0.3, -0.25) is 0 Å². The van der Waals surface area contributed by atoms with Crippen molar-refractivity contribution < 1.29 is 0 Å². The van der Waals surface area contributed by atoms with E-state index in [4.69, 9.17) is 11.6 Å². The van der Waals surface area contributed by atoms with Crippen LogP contribution in [0.4, 0.5) is 5.69 Å². The molecule has 3 nitrogen and oxygen atoms in total. The van der Waals surface area contributed by atoms with Gasteiger partial charge in [0.2, 0.25) is 0 Å². The average Bonchev–Trinajstić information content (AvgIpc) is 2.61. The summed E-state index contributed by atoms with van der Waals surface area (Å²) in [6.07, 6.45) is 1.76. The van der Waals surface area contributed by atoms with E-state index in [0.717, 1.165) is 11.4 Å². The second kappa shape index (κ2) is 3.95. The van der Waals surface area contributed by atoms with Gasteiger partial charge in [-0.2, -0.15) is 5.10 Å². The number of hydrogen-bond donors (Lipinski definition) is 0. The molecule has 0 N–H and O–H groups in total. The summed E-state index contributed by atoms with van der Waals surface area (Å²) in [7, 11) is 3.89. The maximum absolute atomic E-state index is 6.21. The summed E-state index contributed by atoms with van der Waals surface area (Å²) in [5.74, 6) is 0. The van der Waals surface area contributed by atoms with Gasteiger partial charge in [-0.05, 0) is 12.1 Å². The molecule has 0 bridgehead atoms. The molecule has 0 amide bonds. The Morgan fingerprint density at radius 2 is 1.87 bits per heavy atom. The van der Waals surface area contributed by atoms with Crippen LogP contribution in [-0.4, -0.2) is 23.9 Å². The predicted octanol–water partition coefficient (Wildman–Crippen LogP) is 2.59. The molecule has 1 heterocycles. The van der Waals surface area contributed by atoms with Crippen molar-refractivity contribution >= 4 is 17.3 Å². The lowest BCUT2D eigenvalue weighted by Crippen LogP contribution is -2.08. The highest BCUT2D eigenvalue weighted by Gasteiger charge is 2.10. The zero-order valence-corrected chi connectivity index (χ0v) is 9.44. The first kappa shape index (κ1) is 10.1. The van der Waals surface area contributed by atoms with Gasteiger partial charge >= 0.3 is 0 Å². The van der Waals surface area contributed by atoms with E-state index in [1.54, 1.807) is 10.9 Å². The molecule has 0 spiro atoms. The van der Waals surface area contributed by atoms with Gasteiger partial charge in [0.25, 0.3) is 0 Å². The van der Waals surface area contributed by atoms with Crippen molar-refractivity contribution in [2.24, 2.45) is 0 Å². The quantitative estimate of drug-likeness (QED) is 0.777. The maximum Gasteiger partial charge on any atom is 0.156 e. The van der Waals surface area contributed by atoms with Crippen molar-refractivity contribution in [3.63, 3.8) is 0 Å². The summed E-state index contributed by atoms with van der Waals surface area (Å²) in [5.41, 5.74) is 1.89. The maximum atomic E-state index is 6.21. The number of halogens is 1. The van der Waals surface area contributed by atoms with Crippen LogP contribution in [-0.2, 0) is 0 Å². The van der Waals surface area contributed by atoms with Crippen LogP contribution < -0.4 is 4.90 Å². The van der Waals surface area contributed by atoms with Gasteiger partial charge in [0.1, 0.15) is 0 Å². The first-order valence-electron chi connectivity index (χ1n) is 4.66. The fourth-order valence-electron chi connectivity index (χ4n) is 1.37. The van der Waals surface area contributed by atoms with Gasteiger partial charge in [-0.1, -0.05) is 29.8 Å². The average molecular weight is 222 g/mol. The van der Waals surface area contributed by atoms with E-state index in [1.165, 1.54) is 0 Å². The molecule has 1 aromatic heterocycles. The number of nitrogens with zero attached hydrogens (tertiary/aromatic N) is 3. The molecule has 0 radical (unpaired) electrons. The van der Waals surface area contributed by atoms with E-state index < -0.39 is 0 Å². The third kappa shape index (κ3) is 1.83. The largest absolute Gasteiger partial charge is 0.374 e. The number of rotatable bonds is 2. The van der Waals surface area contributed by atoms with E-state index >= 15 is 0 Å². The van der Waals surface area contributed by atoms with Crippen LogP contribution >= 0.6 is 11.6 Å². The summed E-state index contributed by atoms with van der Waals surface area (Å²) in [4.78, 5) is 1.94. The van der Waals surface area contributed by atoms with Gasteiger partial charge in [-0.15, -0.1) is 0 Å². The molecular weight excluding hydrogens is 210 g/mol. The summed E-state index contributed by atoms with van der Waals surface area (Å²) in [5, 5.41) is 4.88. The highest BCUT2D eigenvalue weighted by atomic mass is 35.5. The van der Waals surface area contributed by atoms with Crippen LogP contribution in [0.25, 0.3) is 5.69 Å². The Labute approximate surface area is 93.9 Å². The molecule has 0 aliphatic heterocycles. The monoisotopic (exact) mass is 221 g/mol. The number of anilines is 1. The Bertz CT molecular complexity index is 448. The Morgan fingerprint density at radius 1 is 1.20 bits per heavy atom. The number of para-hydroxylation sites is 1. The van der Waals surface area contributed by atoms with Crippen molar-refractivity contribution in [2.75, 3.05) is 19.0 Å². The second-order valence-electron chi connectivity index (χ2n) is 3.46. The van der Waals surface area contributed by atoms with Gasteiger partial charge in [0.05, 0.1) is 17.6 Å². The molecule has 4 heteroatoms. The van der Waals surface area contributed by atoms with E-state index in [9.17, 15) is 0 Å². The number of hydrogen-bond acceptors (Lipinski definition) is 2. The van der Waals surface area contributed by atoms with Crippen LogP contribution in [0.5, 0.6) is 0 Å². The Hall–Kier alpha value is -1.48. The number of benzene rings is 1. The highest BCUT2D eigenvalue weighted by Crippen LogP contribution is 2.25. The van der Waals surface area contributed by atoms with Crippen LogP contribution in [0.1, 0.15) is 0 Å². The SMILES string of the molecule is CN(C)c1cnn(-c2ccccc2)c1Cl. The minimum Gasteiger partial charge on any atom is -0.374 e. The van der Waals surface area contributed by atoms with Crippen LogP contribution in [0.15, 0.2) is 36.5 Å². The standard InChI is InChI=1S/C11H12ClN3/c1-14(2)10-8-13-15(11(10)12)9-6-4-3-5-7-9/h3-8H,1-2H3. The summed E-state index contributed by atoms with van der Waals surface area (Å²) >= 11 is 6.21. The molecule has 0 fully saturated rings. The normalized spacial score (nSPS) is 10.3. The van der Waals surface area contributed by atoms with Crippen LogP contribution in [0, 0.1) is 0 Å². The van der Waals surface area contributed by atoms with Crippen molar-refractivity contribution in [1.29, 1.82) is 0 Å². The van der Waals surface area contributed by atoms with Crippen LogP contribution in [0.2, 0.25) is 5.15 Å². The fraction of sp³-hybridized carbons (Fsp3) is 0.182. The molecule has 0 aliphatic carbocycles. The molecule has 2 rings (SSSR count). The van der Waals surface area contributed by atoms with E-state index in [2.05, 4.69) is 5.10 Å². The molecule has 0 aliphatic rings. The van der Waals surface area contributed by atoms with Gasteiger partial charge in [0.15, 0.2) is 5.15 Å². The Kier molecular flexibility index (Phi) is 2.64. The first-order chi connectivity index (χ1) is 7.20. The molecule has 0 saturated carbocycles. The second-order valence-corrected chi connectivity index (χ2v) is 3.82.